The number of aromatic nitrogens is 4. The molecule has 0 unspecified atom stereocenters. The first-order chi connectivity index (χ1) is 12.6. The minimum absolute atomic E-state index is 0.112. The van der Waals surface area contributed by atoms with Crippen LogP contribution in [0.5, 0.6) is 0 Å². The van der Waals surface area contributed by atoms with Crippen LogP contribution in [-0.4, -0.2) is 32.2 Å². The van der Waals surface area contributed by atoms with Gasteiger partial charge in [-0.3, -0.25) is 4.79 Å². The van der Waals surface area contributed by atoms with E-state index in [1.807, 2.05) is 17.0 Å². The Labute approximate surface area is 156 Å². The highest BCUT2D eigenvalue weighted by molar-refractivity contribution is 7.09. The lowest BCUT2D eigenvalue weighted by Crippen LogP contribution is -2.35. The second-order valence-corrected chi connectivity index (χ2v) is 7.79. The van der Waals surface area contributed by atoms with Gasteiger partial charge in [-0.2, -0.15) is 0 Å². The molecule has 0 aliphatic carbocycles. The zero-order chi connectivity index (χ0) is 18.1. The number of rotatable bonds is 4. The third-order valence-corrected chi connectivity index (χ3v) is 5.41. The minimum atomic E-state index is 0.112. The Morgan fingerprint density at radius 3 is 2.69 bits per heavy atom. The Kier molecular flexibility index (Phi) is 4.55. The number of carbonyl (C=O) groups excluding carboxylic acids is 1. The lowest BCUT2D eigenvalue weighted by molar-refractivity contribution is -0.122. The smallest absolute Gasteiger partial charge is 0.220 e. The molecule has 1 N–H and O–H groups in total. The van der Waals surface area contributed by atoms with E-state index in [0.717, 1.165) is 22.9 Å². The first-order valence-electron chi connectivity index (χ1n) is 8.78. The molecular formula is C19H21N5OS. The van der Waals surface area contributed by atoms with Gasteiger partial charge in [0.05, 0.1) is 11.6 Å². The van der Waals surface area contributed by atoms with Gasteiger partial charge in [-0.05, 0) is 25.8 Å². The van der Waals surface area contributed by atoms with Crippen molar-refractivity contribution in [2.75, 3.05) is 6.54 Å². The summed E-state index contributed by atoms with van der Waals surface area (Å²) in [6.45, 7) is 5.34. The fraction of sp³-hybridized carbons (Fsp3) is 0.368. The second-order valence-electron chi connectivity index (χ2n) is 6.73. The lowest BCUT2D eigenvalue weighted by Gasteiger charge is -2.22. The maximum atomic E-state index is 11.5. The molecule has 3 heterocycles. The van der Waals surface area contributed by atoms with Crippen molar-refractivity contribution < 1.29 is 4.79 Å². The zero-order valence-corrected chi connectivity index (χ0v) is 15.7. The molecule has 0 saturated carbocycles. The number of benzene rings is 1. The summed E-state index contributed by atoms with van der Waals surface area (Å²) in [6, 6.07) is 8.46. The Balaban J connectivity index is 1.68. The van der Waals surface area contributed by atoms with E-state index in [1.165, 1.54) is 11.1 Å². The quantitative estimate of drug-likeness (QED) is 0.769. The highest BCUT2D eigenvalue weighted by atomic mass is 32.1. The topological polar surface area (TPSA) is 72.7 Å². The summed E-state index contributed by atoms with van der Waals surface area (Å²) in [5.41, 5.74) is 3.24. The molecule has 2 aromatic heterocycles. The van der Waals surface area contributed by atoms with E-state index in [9.17, 15) is 4.79 Å². The Morgan fingerprint density at radius 2 is 2.04 bits per heavy atom. The summed E-state index contributed by atoms with van der Waals surface area (Å²) in [6.07, 6.45) is 1.33. The SMILES string of the molecule is Cc1ccc(Cn2nc(-c3csc(C)n3)nc2[C@@H]2CCC(=O)NC2)cc1. The van der Waals surface area contributed by atoms with Crippen LogP contribution >= 0.6 is 11.3 Å². The van der Waals surface area contributed by atoms with Crippen molar-refractivity contribution in [1.29, 1.82) is 0 Å². The fourth-order valence-corrected chi connectivity index (χ4v) is 3.76. The predicted molar refractivity (Wildman–Crippen MR) is 101 cm³/mol. The molecule has 26 heavy (non-hydrogen) atoms. The average molecular weight is 367 g/mol. The van der Waals surface area contributed by atoms with Crippen molar-refractivity contribution in [2.24, 2.45) is 0 Å². The molecule has 1 fully saturated rings. The van der Waals surface area contributed by atoms with Gasteiger partial charge in [0, 0.05) is 24.3 Å². The van der Waals surface area contributed by atoms with Gasteiger partial charge in [0.2, 0.25) is 11.7 Å². The monoisotopic (exact) mass is 367 g/mol. The summed E-state index contributed by atoms with van der Waals surface area (Å²) >= 11 is 1.60. The van der Waals surface area contributed by atoms with Crippen LogP contribution in [-0.2, 0) is 11.3 Å². The molecule has 4 rings (SSSR count). The summed E-state index contributed by atoms with van der Waals surface area (Å²) in [4.78, 5) is 20.8. The number of hydrogen-bond acceptors (Lipinski definition) is 5. The molecule has 1 aromatic carbocycles. The number of piperidine rings is 1. The van der Waals surface area contributed by atoms with E-state index >= 15 is 0 Å². The van der Waals surface area contributed by atoms with Crippen molar-refractivity contribution in [3.8, 4) is 11.5 Å². The average Bonchev–Trinajstić information content (AvgIpc) is 3.24. The van der Waals surface area contributed by atoms with Gasteiger partial charge >= 0.3 is 0 Å². The number of carbonyl (C=O) groups is 1. The third kappa shape index (κ3) is 3.53. The molecule has 6 nitrogen and oxygen atoms in total. The van der Waals surface area contributed by atoms with Crippen LogP contribution in [0.1, 0.15) is 40.7 Å². The highest BCUT2D eigenvalue weighted by Gasteiger charge is 2.26. The van der Waals surface area contributed by atoms with Crippen LogP contribution in [0, 0.1) is 13.8 Å². The van der Waals surface area contributed by atoms with Gasteiger partial charge in [-0.1, -0.05) is 29.8 Å². The largest absolute Gasteiger partial charge is 0.355 e. The summed E-state index contributed by atoms with van der Waals surface area (Å²) in [5, 5.41) is 10.7. The molecule has 3 aromatic rings. The predicted octanol–water partition coefficient (Wildman–Crippen LogP) is 3.06. The first-order valence-corrected chi connectivity index (χ1v) is 9.66. The van der Waals surface area contributed by atoms with Crippen molar-refractivity contribution in [3.63, 3.8) is 0 Å². The van der Waals surface area contributed by atoms with Gasteiger partial charge in [0.15, 0.2) is 0 Å². The Bertz CT molecular complexity index is 918. The molecule has 0 bridgehead atoms. The number of nitrogens with one attached hydrogen (secondary N) is 1. The number of nitrogens with zero attached hydrogens (tertiary/aromatic N) is 4. The van der Waals surface area contributed by atoms with Crippen LogP contribution in [0.25, 0.3) is 11.5 Å². The second kappa shape index (κ2) is 6.99. The third-order valence-electron chi connectivity index (χ3n) is 4.63. The van der Waals surface area contributed by atoms with Gasteiger partial charge in [-0.15, -0.1) is 16.4 Å². The molecule has 1 amide bonds. The van der Waals surface area contributed by atoms with E-state index in [1.54, 1.807) is 11.3 Å². The number of thiazole rings is 1. The molecule has 0 spiro atoms. The Hall–Kier alpha value is -2.54. The molecular weight excluding hydrogens is 346 g/mol. The summed E-state index contributed by atoms with van der Waals surface area (Å²) < 4.78 is 1.97. The number of amides is 1. The fourth-order valence-electron chi connectivity index (χ4n) is 3.17. The van der Waals surface area contributed by atoms with Gasteiger partial charge in [0.1, 0.15) is 11.5 Å². The minimum Gasteiger partial charge on any atom is -0.355 e. The normalized spacial score (nSPS) is 17.3. The molecule has 1 aliphatic heterocycles. The van der Waals surface area contributed by atoms with E-state index in [0.29, 0.717) is 25.3 Å². The van der Waals surface area contributed by atoms with E-state index in [2.05, 4.69) is 41.5 Å². The van der Waals surface area contributed by atoms with Crippen molar-refractivity contribution >= 4 is 17.2 Å². The highest BCUT2D eigenvalue weighted by Crippen LogP contribution is 2.26. The zero-order valence-electron chi connectivity index (χ0n) is 14.9. The number of hydrogen-bond donors (Lipinski definition) is 1. The molecule has 134 valence electrons. The van der Waals surface area contributed by atoms with Crippen molar-refractivity contribution in [2.45, 2.75) is 39.2 Å². The van der Waals surface area contributed by atoms with Crippen molar-refractivity contribution in [3.05, 3.63) is 51.6 Å². The van der Waals surface area contributed by atoms with E-state index in [4.69, 9.17) is 10.1 Å². The summed E-state index contributed by atoms with van der Waals surface area (Å²) in [7, 11) is 0. The maximum absolute atomic E-state index is 11.5. The van der Waals surface area contributed by atoms with Crippen LogP contribution in [0.15, 0.2) is 29.6 Å². The first kappa shape index (κ1) is 16.9. The van der Waals surface area contributed by atoms with Crippen LogP contribution in [0.3, 0.4) is 0 Å². The lowest BCUT2D eigenvalue weighted by atomic mass is 9.98. The van der Waals surface area contributed by atoms with Crippen molar-refractivity contribution in [1.82, 2.24) is 25.1 Å². The van der Waals surface area contributed by atoms with Gasteiger partial charge in [0.25, 0.3) is 0 Å². The standard InChI is InChI=1S/C19H21N5OS/c1-12-3-5-14(6-4-12)10-24-19(15-7-8-17(25)20-9-15)22-18(23-24)16-11-26-13(2)21-16/h3-6,11,15H,7-10H2,1-2H3,(H,20,25)/t15-/m1/s1. The maximum Gasteiger partial charge on any atom is 0.220 e. The Morgan fingerprint density at radius 1 is 1.23 bits per heavy atom. The summed E-state index contributed by atoms with van der Waals surface area (Å²) in [5.74, 6) is 1.87. The molecule has 1 saturated heterocycles. The molecule has 1 atom stereocenters. The van der Waals surface area contributed by atoms with Crippen LogP contribution in [0.2, 0.25) is 0 Å². The molecule has 1 aliphatic rings. The van der Waals surface area contributed by atoms with E-state index in [-0.39, 0.29) is 11.8 Å². The molecule has 7 heteroatoms. The van der Waals surface area contributed by atoms with Crippen LogP contribution < -0.4 is 5.32 Å². The van der Waals surface area contributed by atoms with E-state index < -0.39 is 0 Å². The van der Waals surface area contributed by atoms with Gasteiger partial charge < -0.3 is 5.32 Å². The van der Waals surface area contributed by atoms with Crippen LogP contribution in [0.4, 0.5) is 0 Å². The molecule has 0 radical (unpaired) electrons. The number of aryl methyl sites for hydroxylation is 2. The van der Waals surface area contributed by atoms with Gasteiger partial charge in [-0.25, -0.2) is 14.6 Å².